The molecule has 0 radical (unpaired) electrons. The Balaban J connectivity index is 2.36. The predicted octanol–water partition coefficient (Wildman–Crippen LogP) is 2.77. The molecule has 0 aliphatic carbocycles. The molecule has 0 amide bonds. The minimum Gasteiger partial charge on any atom is -0.307 e. The maximum absolute atomic E-state index is 4.61. The molecule has 1 atom stereocenters. The molecule has 2 aromatic rings. The van der Waals surface area contributed by atoms with Crippen LogP contribution in [0, 0.1) is 20.8 Å². The lowest BCUT2D eigenvalue weighted by Crippen LogP contribution is -2.17. The second-order valence-electron chi connectivity index (χ2n) is 4.15. The first-order chi connectivity index (χ1) is 8.11. The molecular weight excluding hydrogens is 230 g/mol. The van der Waals surface area contributed by atoms with Crippen LogP contribution in [0.2, 0.25) is 0 Å². The Morgan fingerprint density at radius 2 is 2.00 bits per heavy atom. The number of hydrogen-bond acceptors (Lipinski definition) is 4. The Morgan fingerprint density at radius 1 is 1.24 bits per heavy atom. The Hall–Kier alpha value is -1.26. The van der Waals surface area contributed by atoms with Gasteiger partial charge in [0.1, 0.15) is 5.01 Å². The van der Waals surface area contributed by atoms with Gasteiger partial charge in [-0.1, -0.05) is 6.07 Å². The molecule has 1 N–H and O–H groups in total. The van der Waals surface area contributed by atoms with Crippen molar-refractivity contribution in [3.8, 4) is 0 Å². The molecule has 2 aromatic heterocycles. The standard InChI is InChI=1S/C13H17N3S/c1-8-5-6-11(7-15-8)12(14-4)13-16-9(2)10(3)17-13/h5-7,12,14H,1-4H3. The summed E-state index contributed by atoms with van der Waals surface area (Å²) in [7, 11) is 1.95. The third-order valence-corrected chi connectivity index (χ3v) is 3.99. The molecule has 1 unspecified atom stereocenters. The highest BCUT2D eigenvalue weighted by molar-refractivity contribution is 7.11. The van der Waals surface area contributed by atoms with E-state index < -0.39 is 0 Å². The molecule has 0 fully saturated rings. The third kappa shape index (κ3) is 2.53. The summed E-state index contributed by atoms with van der Waals surface area (Å²) in [6.45, 7) is 6.15. The van der Waals surface area contributed by atoms with Crippen molar-refractivity contribution >= 4 is 11.3 Å². The molecule has 17 heavy (non-hydrogen) atoms. The van der Waals surface area contributed by atoms with Crippen LogP contribution in [-0.2, 0) is 0 Å². The van der Waals surface area contributed by atoms with Gasteiger partial charge < -0.3 is 5.32 Å². The summed E-state index contributed by atoms with van der Waals surface area (Å²) in [5.74, 6) is 0. The van der Waals surface area contributed by atoms with E-state index in [1.807, 2.05) is 26.2 Å². The molecule has 0 aliphatic rings. The first-order valence-electron chi connectivity index (χ1n) is 5.65. The van der Waals surface area contributed by atoms with Gasteiger partial charge in [0.2, 0.25) is 0 Å². The molecule has 0 bridgehead atoms. The summed E-state index contributed by atoms with van der Waals surface area (Å²) < 4.78 is 0. The van der Waals surface area contributed by atoms with Crippen LogP contribution < -0.4 is 5.32 Å². The number of pyridine rings is 1. The van der Waals surface area contributed by atoms with Crippen molar-refractivity contribution in [2.24, 2.45) is 0 Å². The van der Waals surface area contributed by atoms with E-state index >= 15 is 0 Å². The number of thiazole rings is 1. The van der Waals surface area contributed by atoms with Gasteiger partial charge >= 0.3 is 0 Å². The van der Waals surface area contributed by atoms with Gasteiger partial charge in [0.05, 0.1) is 11.7 Å². The average molecular weight is 247 g/mol. The van der Waals surface area contributed by atoms with Crippen LogP contribution in [0.3, 0.4) is 0 Å². The topological polar surface area (TPSA) is 37.8 Å². The minimum atomic E-state index is 0.139. The smallest absolute Gasteiger partial charge is 0.115 e. The summed E-state index contributed by atoms with van der Waals surface area (Å²) in [5, 5.41) is 4.41. The van der Waals surface area contributed by atoms with Crippen LogP contribution in [0.5, 0.6) is 0 Å². The summed E-state index contributed by atoms with van der Waals surface area (Å²) in [6.07, 6.45) is 1.92. The number of rotatable bonds is 3. The monoisotopic (exact) mass is 247 g/mol. The number of hydrogen-bond donors (Lipinski definition) is 1. The lowest BCUT2D eigenvalue weighted by atomic mass is 10.1. The van der Waals surface area contributed by atoms with Gasteiger partial charge in [0.15, 0.2) is 0 Å². The SMILES string of the molecule is CNC(c1ccc(C)nc1)c1nc(C)c(C)s1. The van der Waals surface area contributed by atoms with Crippen molar-refractivity contribution in [3.63, 3.8) is 0 Å². The van der Waals surface area contributed by atoms with E-state index in [1.165, 1.54) is 4.88 Å². The number of nitrogens with one attached hydrogen (secondary N) is 1. The first kappa shape index (κ1) is 12.2. The Bertz CT molecular complexity index is 482. The second kappa shape index (κ2) is 4.94. The van der Waals surface area contributed by atoms with Crippen LogP contribution in [0.4, 0.5) is 0 Å². The average Bonchev–Trinajstić information content (AvgIpc) is 2.63. The van der Waals surface area contributed by atoms with Crippen molar-refractivity contribution in [3.05, 3.63) is 45.2 Å². The fourth-order valence-corrected chi connectivity index (χ4v) is 2.77. The molecule has 90 valence electrons. The van der Waals surface area contributed by atoms with Crippen LogP contribution in [0.15, 0.2) is 18.3 Å². The predicted molar refractivity (Wildman–Crippen MR) is 71.5 cm³/mol. The molecule has 2 rings (SSSR count). The summed E-state index contributed by atoms with van der Waals surface area (Å²) >= 11 is 1.74. The molecule has 0 spiro atoms. The van der Waals surface area contributed by atoms with Crippen molar-refractivity contribution in [2.45, 2.75) is 26.8 Å². The van der Waals surface area contributed by atoms with Crippen molar-refractivity contribution in [1.82, 2.24) is 15.3 Å². The minimum absolute atomic E-state index is 0.139. The normalized spacial score (nSPS) is 12.7. The maximum Gasteiger partial charge on any atom is 0.115 e. The van der Waals surface area contributed by atoms with E-state index in [0.717, 1.165) is 22.0 Å². The zero-order chi connectivity index (χ0) is 12.4. The van der Waals surface area contributed by atoms with Crippen molar-refractivity contribution < 1.29 is 0 Å². The highest BCUT2D eigenvalue weighted by atomic mass is 32.1. The molecule has 2 heterocycles. The van der Waals surface area contributed by atoms with Gasteiger partial charge in [-0.3, -0.25) is 4.98 Å². The summed E-state index contributed by atoms with van der Waals surface area (Å²) in [4.78, 5) is 10.2. The van der Waals surface area contributed by atoms with E-state index in [-0.39, 0.29) is 6.04 Å². The van der Waals surface area contributed by atoms with Gasteiger partial charge in [-0.25, -0.2) is 4.98 Å². The van der Waals surface area contributed by atoms with Gasteiger partial charge in [-0.15, -0.1) is 11.3 Å². The van der Waals surface area contributed by atoms with E-state index in [4.69, 9.17) is 0 Å². The lowest BCUT2D eigenvalue weighted by Gasteiger charge is -2.13. The molecule has 0 saturated carbocycles. The van der Waals surface area contributed by atoms with Gasteiger partial charge in [-0.05, 0) is 39.4 Å². The lowest BCUT2D eigenvalue weighted by molar-refractivity contribution is 0.681. The zero-order valence-corrected chi connectivity index (χ0v) is 11.4. The van der Waals surface area contributed by atoms with Gasteiger partial charge in [-0.2, -0.15) is 0 Å². The quantitative estimate of drug-likeness (QED) is 0.906. The number of aryl methyl sites for hydroxylation is 3. The zero-order valence-electron chi connectivity index (χ0n) is 10.6. The van der Waals surface area contributed by atoms with Crippen LogP contribution >= 0.6 is 11.3 Å². The molecule has 0 saturated heterocycles. The number of aromatic nitrogens is 2. The molecular formula is C13H17N3S. The summed E-state index contributed by atoms with van der Waals surface area (Å²) in [6, 6.07) is 4.28. The Kier molecular flexibility index (Phi) is 3.54. The summed E-state index contributed by atoms with van der Waals surface area (Å²) in [5.41, 5.74) is 3.31. The van der Waals surface area contributed by atoms with E-state index in [2.05, 4.69) is 35.2 Å². The van der Waals surface area contributed by atoms with Crippen molar-refractivity contribution in [2.75, 3.05) is 7.05 Å². The Morgan fingerprint density at radius 3 is 2.47 bits per heavy atom. The second-order valence-corrected chi connectivity index (χ2v) is 5.38. The molecule has 4 heteroatoms. The third-order valence-electron chi connectivity index (χ3n) is 2.85. The van der Waals surface area contributed by atoms with Crippen molar-refractivity contribution in [1.29, 1.82) is 0 Å². The largest absolute Gasteiger partial charge is 0.307 e. The van der Waals surface area contributed by atoms with E-state index in [9.17, 15) is 0 Å². The number of nitrogens with zero attached hydrogens (tertiary/aromatic N) is 2. The van der Waals surface area contributed by atoms with Crippen LogP contribution in [0.1, 0.15) is 32.9 Å². The molecule has 0 aliphatic heterocycles. The van der Waals surface area contributed by atoms with Gasteiger partial charge in [0.25, 0.3) is 0 Å². The van der Waals surface area contributed by atoms with Crippen LogP contribution in [0.25, 0.3) is 0 Å². The van der Waals surface area contributed by atoms with E-state index in [0.29, 0.717) is 0 Å². The van der Waals surface area contributed by atoms with Gasteiger partial charge in [0, 0.05) is 16.8 Å². The van der Waals surface area contributed by atoms with Crippen LogP contribution in [-0.4, -0.2) is 17.0 Å². The highest BCUT2D eigenvalue weighted by Gasteiger charge is 2.16. The maximum atomic E-state index is 4.61. The highest BCUT2D eigenvalue weighted by Crippen LogP contribution is 2.27. The molecule has 0 aromatic carbocycles. The first-order valence-corrected chi connectivity index (χ1v) is 6.47. The Labute approximate surface area is 106 Å². The fourth-order valence-electron chi connectivity index (χ4n) is 1.70. The van der Waals surface area contributed by atoms with E-state index in [1.54, 1.807) is 11.3 Å². The fraction of sp³-hybridized carbons (Fsp3) is 0.385. The molecule has 3 nitrogen and oxygen atoms in total.